The standard InChI is InChI=1S/C17H25NO3/c1-11(19)12-8-14(17(2,3)4)16(21-5)15(9-12)18-7-6-13(20)10-18/h8-9,13,20H,6-7,10H2,1-5H3/t13-/m0/s1. The maximum atomic E-state index is 11.8. The van der Waals surface area contributed by atoms with Gasteiger partial charge in [0.1, 0.15) is 5.75 Å². The van der Waals surface area contributed by atoms with Crippen LogP contribution in [-0.4, -0.2) is 37.2 Å². The molecule has 0 bridgehead atoms. The number of methoxy groups -OCH3 is 1. The van der Waals surface area contributed by atoms with Crippen molar-refractivity contribution in [3.63, 3.8) is 0 Å². The van der Waals surface area contributed by atoms with E-state index in [-0.39, 0.29) is 17.3 Å². The fraction of sp³-hybridized carbons (Fsp3) is 0.588. The Bertz CT molecular complexity index is 546. The highest BCUT2D eigenvalue weighted by Gasteiger charge is 2.28. The molecule has 0 spiro atoms. The molecule has 21 heavy (non-hydrogen) atoms. The summed E-state index contributed by atoms with van der Waals surface area (Å²) in [5.74, 6) is 0.853. The lowest BCUT2D eigenvalue weighted by molar-refractivity contribution is 0.101. The highest BCUT2D eigenvalue weighted by Crippen LogP contribution is 2.41. The SMILES string of the molecule is COc1c(N2CC[C@H](O)C2)cc(C(C)=O)cc1C(C)(C)C. The zero-order valence-electron chi connectivity index (χ0n) is 13.6. The molecule has 0 aliphatic carbocycles. The Labute approximate surface area is 126 Å². The highest BCUT2D eigenvalue weighted by atomic mass is 16.5. The fourth-order valence-corrected chi connectivity index (χ4v) is 2.78. The molecule has 1 aromatic carbocycles. The number of rotatable bonds is 3. The van der Waals surface area contributed by atoms with Crippen LogP contribution in [0.1, 0.15) is 50.0 Å². The number of ether oxygens (including phenoxy) is 1. The highest BCUT2D eigenvalue weighted by molar-refractivity contribution is 5.96. The second-order valence-corrected chi connectivity index (χ2v) is 6.77. The topological polar surface area (TPSA) is 49.8 Å². The summed E-state index contributed by atoms with van der Waals surface area (Å²) in [6.45, 7) is 9.27. The molecule has 2 rings (SSSR count). The van der Waals surface area contributed by atoms with E-state index >= 15 is 0 Å². The third kappa shape index (κ3) is 3.21. The van der Waals surface area contributed by atoms with Crippen molar-refractivity contribution in [3.8, 4) is 5.75 Å². The number of aliphatic hydroxyl groups excluding tert-OH is 1. The fourth-order valence-electron chi connectivity index (χ4n) is 2.78. The summed E-state index contributed by atoms with van der Waals surface area (Å²) in [4.78, 5) is 13.9. The number of carbonyl (C=O) groups is 1. The van der Waals surface area contributed by atoms with E-state index in [1.54, 1.807) is 14.0 Å². The molecule has 0 amide bonds. The first-order valence-corrected chi connectivity index (χ1v) is 7.40. The molecule has 1 aromatic rings. The van der Waals surface area contributed by atoms with Crippen LogP contribution in [0.25, 0.3) is 0 Å². The molecule has 1 aliphatic rings. The number of Topliss-reactive ketones (excluding diaryl/α,β-unsaturated/α-hetero) is 1. The van der Waals surface area contributed by atoms with Crippen molar-refractivity contribution < 1.29 is 14.6 Å². The lowest BCUT2D eigenvalue weighted by Crippen LogP contribution is -2.24. The van der Waals surface area contributed by atoms with Crippen molar-refractivity contribution in [1.82, 2.24) is 0 Å². The number of carbonyl (C=O) groups excluding carboxylic acids is 1. The quantitative estimate of drug-likeness (QED) is 0.870. The molecule has 1 N–H and O–H groups in total. The van der Waals surface area contributed by atoms with Gasteiger partial charge in [-0.05, 0) is 30.9 Å². The Morgan fingerprint density at radius 3 is 2.48 bits per heavy atom. The van der Waals surface area contributed by atoms with E-state index in [4.69, 9.17) is 4.74 Å². The van der Waals surface area contributed by atoms with Crippen LogP contribution in [0.15, 0.2) is 12.1 Å². The zero-order chi connectivity index (χ0) is 15.8. The van der Waals surface area contributed by atoms with E-state index < -0.39 is 0 Å². The Hall–Kier alpha value is -1.55. The van der Waals surface area contributed by atoms with Crippen LogP contribution in [0.3, 0.4) is 0 Å². The third-order valence-corrected chi connectivity index (χ3v) is 3.99. The summed E-state index contributed by atoms with van der Waals surface area (Å²) in [6.07, 6.45) is 0.437. The van der Waals surface area contributed by atoms with E-state index in [9.17, 15) is 9.90 Å². The summed E-state index contributed by atoms with van der Waals surface area (Å²) in [5, 5.41) is 9.78. The average Bonchev–Trinajstić information content (AvgIpc) is 2.82. The molecule has 1 fully saturated rings. The van der Waals surface area contributed by atoms with Gasteiger partial charge >= 0.3 is 0 Å². The molecule has 1 heterocycles. The molecule has 4 heteroatoms. The molecular weight excluding hydrogens is 266 g/mol. The van der Waals surface area contributed by atoms with Crippen molar-refractivity contribution in [1.29, 1.82) is 0 Å². The first kappa shape index (κ1) is 15.8. The van der Waals surface area contributed by atoms with Crippen LogP contribution in [0.4, 0.5) is 5.69 Å². The van der Waals surface area contributed by atoms with Crippen LogP contribution >= 0.6 is 0 Å². The van der Waals surface area contributed by atoms with Gasteiger partial charge in [0.05, 0.1) is 18.9 Å². The minimum atomic E-state index is -0.311. The first-order chi connectivity index (χ1) is 9.74. The lowest BCUT2D eigenvalue weighted by Gasteiger charge is -2.28. The summed E-state index contributed by atoms with van der Waals surface area (Å²) >= 11 is 0. The van der Waals surface area contributed by atoms with Gasteiger partial charge < -0.3 is 14.7 Å². The summed E-state index contributed by atoms with van der Waals surface area (Å²) in [5.41, 5.74) is 2.50. The third-order valence-electron chi connectivity index (χ3n) is 3.99. The van der Waals surface area contributed by atoms with Crippen molar-refractivity contribution in [3.05, 3.63) is 23.3 Å². The number of nitrogens with zero attached hydrogens (tertiary/aromatic N) is 1. The Balaban J connectivity index is 2.61. The molecule has 0 radical (unpaired) electrons. The Kier molecular flexibility index (Phi) is 4.28. The molecule has 1 saturated heterocycles. The number of ketones is 1. The second-order valence-electron chi connectivity index (χ2n) is 6.77. The van der Waals surface area contributed by atoms with Crippen molar-refractivity contribution >= 4 is 11.5 Å². The molecule has 116 valence electrons. The van der Waals surface area contributed by atoms with Gasteiger partial charge in [-0.25, -0.2) is 0 Å². The van der Waals surface area contributed by atoms with Gasteiger partial charge in [0.2, 0.25) is 0 Å². The summed E-state index contributed by atoms with van der Waals surface area (Å²) in [6, 6.07) is 3.81. The number of hydrogen-bond donors (Lipinski definition) is 1. The number of β-amino-alcohol motifs (C(OH)–C–C–N with tert-alkyl or cyclic N) is 1. The van der Waals surface area contributed by atoms with Crippen LogP contribution < -0.4 is 9.64 Å². The van der Waals surface area contributed by atoms with Crippen molar-refractivity contribution in [2.45, 2.75) is 45.6 Å². The smallest absolute Gasteiger partial charge is 0.159 e. The maximum Gasteiger partial charge on any atom is 0.159 e. The molecule has 0 aromatic heterocycles. The minimum Gasteiger partial charge on any atom is -0.494 e. The number of benzene rings is 1. The van der Waals surface area contributed by atoms with Gasteiger partial charge in [-0.2, -0.15) is 0 Å². The van der Waals surface area contributed by atoms with Gasteiger partial charge in [-0.1, -0.05) is 20.8 Å². The Morgan fingerprint density at radius 2 is 2.05 bits per heavy atom. The van der Waals surface area contributed by atoms with E-state index in [1.165, 1.54) is 0 Å². The zero-order valence-corrected chi connectivity index (χ0v) is 13.6. The van der Waals surface area contributed by atoms with E-state index in [0.717, 1.165) is 30.0 Å². The average molecular weight is 291 g/mol. The predicted molar refractivity (Wildman–Crippen MR) is 84.5 cm³/mol. The lowest BCUT2D eigenvalue weighted by atomic mass is 9.84. The van der Waals surface area contributed by atoms with E-state index in [1.807, 2.05) is 12.1 Å². The van der Waals surface area contributed by atoms with Gasteiger partial charge in [-0.15, -0.1) is 0 Å². The van der Waals surface area contributed by atoms with Crippen molar-refractivity contribution in [2.24, 2.45) is 0 Å². The normalized spacial score (nSPS) is 19.0. The molecule has 1 atom stereocenters. The molecule has 0 saturated carbocycles. The van der Waals surface area contributed by atoms with Crippen LogP contribution in [0.2, 0.25) is 0 Å². The summed E-state index contributed by atoms with van der Waals surface area (Å²) in [7, 11) is 1.66. The monoisotopic (exact) mass is 291 g/mol. The molecule has 0 unspecified atom stereocenters. The van der Waals surface area contributed by atoms with Gasteiger partial charge in [0, 0.05) is 24.2 Å². The molecular formula is C17H25NO3. The van der Waals surface area contributed by atoms with Crippen LogP contribution in [0, 0.1) is 0 Å². The second kappa shape index (κ2) is 5.68. The van der Waals surface area contributed by atoms with Gasteiger partial charge in [0.25, 0.3) is 0 Å². The summed E-state index contributed by atoms with van der Waals surface area (Å²) < 4.78 is 5.65. The number of aliphatic hydroxyl groups is 1. The first-order valence-electron chi connectivity index (χ1n) is 7.40. The van der Waals surface area contributed by atoms with Crippen LogP contribution in [-0.2, 0) is 5.41 Å². The van der Waals surface area contributed by atoms with Crippen LogP contribution in [0.5, 0.6) is 5.75 Å². The molecule has 4 nitrogen and oxygen atoms in total. The number of anilines is 1. The minimum absolute atomic E-state index is 0.0455. The Morgan fingerprint density at radius 1 is 1.38 bits per heavy atom. The van der Waals surface area contributed by atoms with E-state index in [2.05, 4.69) is 25.7 Å². The van der Waals surface area contributed by atoms with E-state index in [0.29, 0.717) is 12.1 Å². The molecule has 1 aliphatic heterocycles. The van der Waals surface area contributed by atoms with Crippen molar-refractivity contribution in [2.75, 3.05) is 25.1 Å². The predicted octanol–water partition coefficient (Wildman–Crippen LogP) is 2.77. The van der Waals surface area contributed by atoms with Gasteiger partial charge in [-0.3, -0.25) is 4.79 Å². The maximum absolute atomic E-state index is 11.8. The number of hydrogen-bond acceptors (Lipinski definition) is 4. The van der Waals surface area contributed by atoms with Gasteiger partial charge in [0.15, 0.2) is 5.78 Å². The largest absolute Gasteiger partial charge is 0.494 e.